The molecule has 0 radical (unpaired) electrons. The van der Waals surface area contributed by atoms with Crippen molar-refractivity contribution in [2.45, 2.75) is 234 Å². The van der Waals surface area contributed by atoms with Gasteiger partial charge in [-0.15, -0.1) is 9.78 Å². The Bertz CT molecular complexity index is 1330. The van der Waals surface area contributed by atoms with E-state index in [9.17, 15) is 14.4 Å². The van der Waals surface area contributed by atoms with Crippen LogP contribution in [-0.2, 0) is 29.0 Å². The van der Waals surface area contributed by atoms with Crippen LogP contribution >= 0.6 is 0 Å². The number of ether oxygens (including phenoxy) is 2. The second-order valence-electron chi connectivity index (χ2n) is 17.0. The first kappa shape index (κ1) is 52.7. The maximum Gasteiger partial charge on any atom is 0.513 e. The van der Waals surface area contributed by atoms with Gasteiger partial charge in [-0.1, -0.05) is 203 Å². The molecular weight excluding hydrogens is 757 g/mol. The van der Waals surface area contributed by atoms with Gasteiger partial charge >= 0.3 is 18.1 Å². The summed E-state index contributed by atoms with van der Waals surface area (Å²) in [6, 6.07) is 10.8. The predicted molar refractivity (Wildman–Crippen MR) is 241 cm³/mol. The van der Waals surface area contributed by atoms with Crippen LogP contribution in [0.1, 0.15) is 237 Å². The van der Waals surface area contributed by atoms with E-state index in [0.29, 0.717) is 36.8 Å². The zero-order valence-corrected chi connectivity index (χ0v) is 38.6. The van der Waals surface area contributed by atoms with Crippen LogP contribution in [0.3, 0.4) is 0 Å². The zero-order valence-electron chi connectivity index (χ0n) is 38.6. The minimum absolute atomic E-state index is 0.305. The first-order valence-electron chi connectivity index (χ1n) is 23.9. The number of carbonyl (C=O) groups excluding carboxylic acids is 3. The maximum absolute atomic E-state index is 13.3. The summed E-state index contributed by atoms with van der Waals surface area (Å²) in [4.78, 5) is 60.5. The summed E-state index contributed by atoms with van der Waals surface area (Å²) in [5.74, 6) is -1.36. The highest BCUT2D eigenvalue weighted by Crippen LogP contribution is 2.20. The van der Waals surface area contributed by atoms with Crippen LogP contribution in [0.5, 0.6) is 0 Å². The van der Waals surface area contributed by atoms with Crippen LogP contribution in [-0.4, -0.2) is 30.7 Å². The molecule has 0 bridgehead atoms. The molecular formula is C51H82O9. The number of rotatable bonds is 36. The van der Waals surface area contributed by atoms with Crippen molar-refractivity contribution >= 4 is 18.1 Å². The van der Waals surface area contributed by atoms with E-state index in [0.717, 1.165) is 60.8 Å². The molecule has 2 rings (SSSR count). The van der Waals surface area contributed by atoms with Crippen molar-refractivity contribution < 1.29 is 43.4 Å². The van der Waals surface area contributed by atoms with E-state index in [1.807, 2.05) is 52.0 Å². The second kappa shape index (κ2) is 34.2. The standard InChI is InChI=1S/C51H82O9/c1-7-9-11-13-15-17-19-21-23-25-27-29-31-33-47(57-59-49(52)45-37-35-41(3)39-43(45)5)55-51(54)56-48(58-60-50(53)46-38-36-42(4)40-44(46)6)34-32-30-28-26-24-22-20-18-16-14-12-10-8-2/h35-40,47-48H,7-34H2,1-6H3. The van der Waals surface area contributed by atoms with Crippen LogP contribution < -0.4 is 0 Å². The maximum atomic E-state index is 13.3. The molecule has 2 atom stereocenters. The lowest BCUT2D eigenvalue weighted by Gasteiger charge is -2.20. The van der Waals surface area contributed by atoms with Crippen molar-refractivity contribution in [1.29, 1.82) is 0 Å². The summed E-state index contributed by atoms with van der Waals surface area (Å²) < 4.78 is 11.2. The summed E-state index contributed by atoms with van der Waals surface area (Å²) >= 11 is 0. The van der Waals surface area contributed by atoms with Gasteiger partial charge in [0.15, 0.2) is 0 Å². The number of hydrogen-bond acceptors (Lipinski definition) is 9. The van der Waals surface area contributed by atoms with Gasteiger partial charge in [-0.25, -0.2) is 14.4 Å². The molecule has 0 spiro atoms. The summed E-state index contributed by atoms with van der Waals surface area (Å²) in [5, 5.41) is 0. The van der Waals surface area contributed by atoms with Gasteiger partial charge in [0.25, 0.3) is 0 Å². The third-order valence-electron chi connectivity index (χ3n) is 11.2. The molecule has 9 heteroatoms. The molecule has 340 valence electrons. The number of benzene rings is 2. The summed E-state index contributed by atoms with van der Waals surface area (Å²) in [6.45, 7) is 12.0. The number of carbonyl (C=O) groups is 3. The minimum Gasteiger partial charge on any atom is -0.400 e. The summed E-state index contributed by atoms with van der Waals surface area (Å²) in [5.41, 5.74) is 4.26. The first-order valence-corrected chi connectivity index (χ1v) is 23.9. The van der Waals surface area contributed by atoms with Crippen molar-refractivity contribution in [3.8, 4) is 0 Å². The van der Waals surface area contributed by atoms with E-state index < -0.39 is 30.7 Å². The average Bonchev–Trinajstić information content (AvgIpc) is 3.21. The Morgan fingerprint density at radius 1 is 0.417 bits per heavy atom. The highest BCUT2D eigenvalue weighted by atomic mass is 17.2. The highest BCUT2D eigenvalue weighted by molar-refractivity contribution is 5.91. The topological polar surface area (TPSA) is 107 Å². The molecule has 0 N–H and O–H groups in total. The van der Waals surface area contributed by atoms with Crippen molar-refractivity contribution in [2.24, 2.45) is 0 Å². The molecule has 2 aromatic rings. The molecule has 0 aliphatic carbocycles. The van der Waals surface area contributed by atoms with Crippen LogP contribution in [0.2, 0.25) is 0 Å². The molecule has 0 aliphatic heterocycles. The first-order chi connectivity index (χ1) is 29.1. The number of unbranched alkanes of at least 4 members (excludes halogenated alkanes) is 24. The van der Waals surface area contributed by atoms with Crippen molar-refractivity contribution in [1.82, 2.24) is 0 Å². The second-order valence-corrected chi connectivity index (χ2v) is 17.0. The monoisotopic (exact) mass is 839 g/mol. The quantitative estimate of drug-likeness (QED) is 0.0218. The van der Waals surface area contributed by atoms with Gasteiger partial charge in [0.2, 0.25) is 12.6 Å². The molecule has 2 aromatic carbocycles. The Morgan fingerprint density at radius 2 is 0.700 bits per heavy atom. The van der Waals surface area contributed by atoms with E-state index in [-0.39, 0.29) is 0 Å². The van der Waals surface area contributed by atoms with Gasteiger partial charge in [-0.2, -0.15) is 0 Å². The third-order valence-corrected chi connectivity index (χ3v) is 11.2. The lowest BCUT2D eigenvalue weighted by molar-refractivity contribution is -0.348. The minimum atomic E-state index is -1.20. The molecule has 2 unspecified atom stereocenters. The largest absolute Gasteiger partial charge is 0.513 e. The third kappa shape index (κ3) is 25.4. The van der Waals surface area contributed by atoms with E-state index >= 15 is 0 Å². The molecule has 0 aromatic heterocycles. The Morgan fingerprint density at radius 3 is 0.983 bits per heavy atom. The van der Waals surface area contributed by atoms with Crippen LogP contribution in [0, 0.1) is 27.7 Å². The fourth-order valence-corrected chi connectivity index (χ4v) is 7.52. The van der Waals surface area contributed by atoms with E-state index in [4.69, 9.17) is 29.0 Å². The van der Waals surface area contributed by atoms with Crippen LogP contribution in [0.15, 0.2) is 36.4 Å². The molecule has 0 saturated heterocycles. The van der Waals surface area contributed by atoms with E-state index in [2.05, 4.69) is 13.8 Å². The van der Waals surface area contributed by atoms with Crippen molar-refractivity contribution in [3.05, 3.63) is 69.8 Å². The average molecular weight is 839 g/mol. The van der Waals surface area contributed by atoms with Gasteiger partial charge in [-0.05, 0) is 63.8 Å². The van der Waals surface area contributed by atoms with Crippen molar-refractivity contribution in [2.75, 3.05) is 0 Å². The zero-order chi connectivity index (χ0) is 43.6. The van der Waals surface area contributed by atoms with E-state index in [1.54, 1.807) is 12.1 Å². The SMILES string of the molecule is CCCCCCCCCCCCCCCC(OOC(=O)c1ccc(C)cc1C)OC(=O)OC(CCCCCCCCCCCCCCC)OOC(=O)c1ccc(C)cc1C. The Hall–Kier alpha value is -3.43. The Labute approximate surface area is 364 Å². The Balaban J connectivity index is 1.93. The highest BCUT2D eigenvalue weighted by Gasteiger charge is 2.25. The molecule has 0 amide bonds. The molecule has 0 fully saturated rings. The molecule has 0 heterocycles. The van der Waals surface area contributed by atoms with Gasteiger partial charge < -0.3 is 9.47 Å². The number of aryl methyl sites for hydroxylation is 4. The lowest BCUT2D eigenvalue weighted by atomic mass is 10.0. The summed E-state index contributed by atoms with van der Waals surface area (Å²) in [7, 11) is 0. The van der Waals surface area contributed by atoms with Gasteiger partial charge in [0.1, 0.15) is 0 Å². The molecule has 0 aliphatic rings. The molecule has 0 saturated carbocycles. The van der Waals surface area contributed by atoms with Gasteiger partial charge in [-0.3, -0.25) is 9.78 Å². The molecule has 9 nitrogen and oxygen atoms in total. The fourth-order valence-electron chi connectivity index (χ4n) is 7.52. The Kier molecular flexibility index (Phi) is 30.0. The van der Waals surface area contributed by atoms with E-state index in [1.165, 1.54) is 116 Å². The normalized spacial score (nSPS) is 12.2. The smallest absolute Gasteiger partial charge is 0.400 e. The van der Waals surface area contributed by atoms with Gasteiger partial charge in [0.05, 0.1) is 11.1 Å². The van der Waals surface area contributed by atoms with Crippen molar-refractivity contribution in [3.63, 3.8) is 0 Å². The predicted octanol–water partition coefficient (Wildman–Crippen LogP) is 15.6. The lowest BCUT2D eigenvalue weighted by Crippen LogP contribution is -2.29. The van der Waals surface area contributed by atoms with Crippen LogP contribution in [0.25, 0.3) is 0 Å². The molecule has 60 heavy (non-hydrogen) atoms. The summed E-state index contributed by atoms with van der Waals surface area (Å²) in [6.07, 6.45) is 28.2. The van der Waals surface area contributed by atoms with Crippen LogP contribution in [0.4, 0.5) is 4.79 Å². The fraction of sp³-hybridized carbons (Fsp3) is 0.706. The van der Waals surface area contributed by atoms with Gasteiger partial charge in [0, 0.05) is 12.8 Å². The number of hydrogen-bond donors (Lipinski definition) is 0.